The van der Waals surface area contributed by atoms with Gasteiger partial charge in [-0.1, -0.05) is 12.1 Å². The monoisotopic (exact) mass is 280 g/mol. The van der Waals surface area contributed by atoms with Gasteiger partial charge >= 0.3 is 5.97 Å². The molecule has 1 aromatic carbocycles. The molecule has 0 fully saturated rings. The second kappa shape index (κ2) is 5.58. The molecule has 0 aromatic heterocycles. The maximum Gasteiger partial charge on any atom is 0.308 e. The first-order valence-corrected chi connectivity index (χ1v) is 6.27. The van der Waals surface area contributed by atoms with Gasteiger partial charge in [-0.3, -0.25) is 14.9 Å². The van der Waals surface area contributed by atoms with Crippen molar-refractivity contribution in [1.82, 2.24) is 0 Å². The van der Waals surface area contributed by atoms with E-state index in [0.29, 0.717) is 5.56 Å². The van der Waals surface area contributed by atoms with E-state index in [0.717, 1.165) is 0 Å². The molecule has 0 amide bonds. The van der Waals surface area contributed by atoms with Gasteiger partial charge < -0.3 is 10.5 Å². The predicted molar refractivity (Wildman–Crippen MR) is 75.1 cm³/mol. The second-order valence-electron chi connectivity index (χ2n) is 5.98. The number of hydrogen-bond donors (Lipinski definition) is 1. The van der Waals surface area contributed by atoms with Gasteiger partial charge in [0.1, 0.15) is 5.60 Å². The van der Waals surface area contributed by atoms with E-state index in [1.54, 1.807) is 39.8 Å². The minimum Gasteiger partial charge on any atom is -0.460 e. The maximum absolute atomic E-state index is 11.8. The van der Waals surface area contributed by atoms with E-state index in [1.807, 2.05) is 0 Å². The van der Waals surface area contributed by atoms with E-state index in [9.17, 15) is 14.9 Å². The lowest BCUT2D eigenvalue weighted by Crippen LogP contribution is -2.38. The molecule has 1 aromatic rings. The SMILES string of the molecule is CC(C)(C)OC(=O)CC(C)(N)c1ccc([N+](=O)[O-])cc1. The molecule has 6 nitrogen and oxygen atoms in total. The summed E-state index contributed by atoms with van der Waals surface area (Å²) in [5.74, 6) is -0.402. The lowest BCUT2D eigenvalue weighted by atomic mass is 9.89. The molecule has 2 N–H and O–H groups in total. The van der Waals surface area contributed by atoms with E-state index in [1.165, 1.54) is 12.1 Å². The van der Waals surface area contributed by atoms with Crippen LogP contribution in [0.1, 0.15) is 39.7 Å². The van der Waals surface area contributed by atoms with Gasteiger partial charge in [0.15, 0.2) is 0 Å². The Bertz CT molecular complexity index is 501. The van der Waals surface area contributed by atoms with Crippen LogP contribution in [0.25, 0.3) is 0 Å². The number of hydrogen-bond acceptors (Lipinski definition) is 5. The molecule has 110 valence electrons. The summed E-state index contributed by atoms with van der Waals surface area (Å²) in [6.45, 7) is 7.04. The fourth-order valence-corrected chi connectivity index (χ4v) is 1.74. The van der Waals surface area contributed by atoms with Gasteiger partial charge in [-0.2, -0.15) is 0 Å². The Morgan fingerprint density at radius 3 is 2.15 bits per heavy atom. The Balaban J connectivity index is 2.82. The molecule has 0 radical (unpaired) electrons. The van der Waals surface area contributed by atoms with Crippen molar-refractivity contribution in [3.63, 3.8) is 0 Å². The summed E-state index contributed by atoms with van der Waals surface area (Å²) in [4.78, 5) is 21.9. The Kier molecular flexibility index (Phi) is 4.50. The number of ether oxygens (including phenoxy) is 1. The molecule has 0 spiro atoms. The lowest BCUT2D eigenvalue weighted by molar-refractivity contribution is -0.384. The van der Waals surface area contributed by atoms with Crippen LogP contribution in [0.15, 0.2) is 24.3 Å². The molecule has 0 aliphatic heterocycles. The van der Waals surface area contributed by atoms with Gasteiger partial charge in [-0.25, -0.2) is 0 Å². The highest BCUT2D eigenvalue weighted by Gasteiger charge is 2.28. The van der Waals surface area contributed by atoms with Crippen molar-refractivity contribution in [1.29, 1.82) is 0 Å². The molecule has 6 heteroatoms. The van der Waals surface area contributed by atoms with Crippen molar-refractivity contribution in [2.24, 2.45) is 5.73 Å². The molecule has 0 saturated heterocycles. The average molecular weight is 280 g/mol. The van der Waals surface area contributed by atoms with Crippen molar-refractivity contribution < 1.29 is 14.5 Å². The Morgan fingerprint density at radius 2 is 1.75 bits per heavy atom. The summed E-state index contributed by atoms with van der Waals surface area (Å²) in [5, 5.41) is 10.6. The van der Waals surface area contributed by atoms with Crippen LogP contribution in [0.3, 0.4) is 0 Å². The molecule has 0 bridgehead atoms. The normalized spacial score (nSPS) is 14.4. The van der Waals surface area contributed by atoms with Crippen LogP contribution in [0, 0.1) is 10.1 Å². The first-order chi connectivity index (χ1) is 9.01. The van der Waals surface area contributed by atoms with E-state index in [-0.39, 0.29) is 12.1 Å². The number of nitro benzene ring substituents is 1. The summed E-state index contributed by atoms with van der Waals surface area (Å²) in [5.41, 5.74) is 5.25. The lowest BCUT2D eigenvalue weighted by Gasteiger charge is -2.27. The highest BCUT2D eigenvalue weighted by atomic mass is 16.6. The van der Waals surface area contributed by atoms with Crippen molar-refractivity contribution >= 4 is 11.7 Å². The van der Waals surface area contributed by atoms with Crippen LogP contribution in [-0.2, 0) is 15.1 Å². The summed E-state index contributed by atoms with van der Waals surface area (Å²) in [6, 6.07) is 5.86. The smallest absolute Gasteiger partial charge is 0.308 e. The first-order valence-electron chi connectivity index (χ1n) is 6.27. The number of nitrogens with zero attached hydrogens (tertiary/aromatic N) is 1. The number of esters is 1. The minimum absolute atomic E-state index is 0.00206. The van der Waals surface area contributed by atoms with Crippen molar-refractivity contribution in [3.05, 3.63) is 39.9 Å². The zero-order valence-electron chi connectivity index (χ0n) is 12.2. The van der Waals surface area contributed by atoms with Crippen molar-refractivity contribution in [2.75, 3.05) is 0 Å². The summed E-state index contributed by atoms with van der Waals surface area (Å²) in [7, 11) is 0. The number of nitro groups is 1. The minimum atomic E-state index is -0.933. The standard InChI is InChI=1S/C14H20N2O4/c1-13(2,3)20-12(17)9-14(4,15)10-5-7-11(8-6-10)16(18)19/h5-8H,9,15H2,1-4H3. The van der Waals surface area contributed by atoms with Gasteiger partial charge in [0, 0.05) is 17.7 Å². The summed E-state index contributed by atoms with van der Waals surface area (Å²) < 4.78 is 5.23. The van der Waals surface area contributed by atoms with Crippen LogP contribution in [0.2, 0.25) is 0 Å². The van der Waals surface area contributed by atoms with E-state index >= 15 is 0 Å². The largest absolute Gasteiger partial charge is 0.460 e. The van der Waals surface area contributed by atoms with Crippen LogP contribution < -0.4 is 5.73 Å². The first kappa shape index (κ1) is 16.1. The van der Waals surface area contributed by atoms with E-state index in [4.69, 9.17) is 10.5 Å². The molecule has 1 rings (SSSR count). The van der Waals surface area contributed by atoms with Gasteiger partial charge in [0.2, 0.25) is 0 Å². The number of non-ortho nitro benzene ring substituents is 1. The van der Waals surface area contributed by atoms with Crippen LogP contribution in [0.4, 0.5) is 5.69 Å². The molecule has 0 aliphatic carbocycles. The molecular formula is C14H20N2O4. The number of benzene rings is 1. The summed E-state index contributed by atoms with van der Waals surface area (Å²) >= 11 is 0. The molecule has 0 aliphatic rings. The van der Waals surface area contributed by atoms with Gasteiger partial charge in [0.05, 0.1) is 11.3 Å². The van der Waals surface area contributed by atoms with Crippen molar-refractivity contribution in [2.45, 2.75) is 45.3 Å². The topological polar surface area (TPSA) is 95.5 Å². The Morgan fingerprint density at radius 1 is 1.25 bits per heavy atom. The third-order valence-corrected chi connectivity index (χ3v) is 2.67. The molecule has 0 saturated carbocycles. The van der Waals surface area contributed by atoms with Gasteiger partial charge in [-0.15, -0.1) is 0 Å². The van der Waals surface area contributed by atoms with Gasteiger partial charge in [0.25, 0.3) is 5.69 Å². The zero-order chi connectivity index (χ0) is 15.6. The predicted octanol–water partition coefficient (Wildman–Crippen LogP) is 2.50. The third kappa shape index (κ3) is 4.62. The fourth-order valence-electron chi connectivity index (χ4n) is 1.74. The van der Waals surface area contributed by atoms with Crippen molar-refractivity contribution in [3.8, 4) is 0 Å². The van der Waals surface area contributed by atoms with Crippen LogP contribution in [-0.4, -0.2) is 16.5 Å². The highest BCUT2D eigenvalue weighted by Crippen LogP contribution is 2.25. The van der Waals surface area contributed by atoms with E-state index < -0.39 is 22.0 Å². The highest BCUT2D eigenvalue weighted by molar-refractivity contribution is 5.71. The molecule has 20 heavy (non-hydrogen) atoms. The molecular weight excluding hydrogens is 260 g/mol. The maximum atomic E-state index is 11.8. The molecule has 0 heterocycles. The zero-order valence-corrected chi connectivity index (χ0v) is 12.2. The van der Waals surface area contributed by atoms with Crippen LogP contribution >= 0.6 is 0 Å². The van der Waals surface area contributed by atoms with E-state index in [2.05, 4.69) is 0 Å². The fraction of sp³-hybridized carbons (Fsp3) is 0.500. The number of carbonyl (C=O) groups excluding carboxylic acids is 1. The summed E-state index contributed by atoms with van der Waals surface area (Å²) in [6.07, 6.45) is 0.00206. The second-order valence-corrected chi connectivity index (χ2v) is 5.98. The molecule has 1 unspecified atom stereocenters. The third-order valence-electron chi connectivity index (χ3n) is 2.67. The molecule has 1 atom stereocenters. The van der Waals surface area contributed by atoms with Gasteiger partial charge in [-0.05, 0) is 33.3 Å². The quantitative estimate of drug-likeness (QED) is 0.519. The average Bonchev–Trinajstić information content (AvgIpc) is 2.25. The Hall–Kier alpha value is -1.95. The number of nitrogens with two attached hydrogens (primary N) is 1. The number of rotatable bonds is 4. The number of carbonyl (C=O) groups is 1. The van der Waals surface area contributed by atoms with Crippen LogP contribution in [0.5, 0.6) is 0 Å². The Labute approximate surface area is 118 Å².